The minimum atomic E-state index is -0.908. The molecule has 2 N–H and O–H groups in total. The van der Waals surface area contributed by atoms with Crippen molar-refractivity contribution in [3.05, 3.63) is 33.9 Å². The second-order valence-electron chi connectivity index (χ2n) is 5.76. The molecule has 0 unspecified atom stereocenters. The van der Waals surface area contributed by atoms with Crippen LogP contribution in [0.25, 0.3) is 0 Å². The Kier molecular flexibility index (Phi) is 7.51. The van der Waals surface area contributed by atoms with Gasteiger partial charge in [-0.3, -0.25) is 20.2 Å². The van der Waals surface area contributed by atoms with E-state index in [1.807, 2.05) is 12.2 Å². The number of urea groups is 1. The monoisotopic (exact) mass is 366 g/mol. The summed E-state index contributed by atoms with van der Waals surface area (Å²) in [6, 6.07) is 2.94. The van der Waals surface area contributed by atoms with Gasteiger partial charge in [-0.25, -0.2) is 9.59 Å². The first-order valence-corrected chi connectivity index (χ1v) is 7.88. The zero-order valence-electron chi connectivity index (χ0n) is 15.1. The lowest BCUT2D eigenvalue weighted by Gasteiger charge is -2.16. The summed E-state index contributed by atoms with van der Waals surface area (Å²) in [5, 5.41) is 15.5. The average molecular weight is 366 g/mol. The van der Waals surface area contributed by atoms with E-state index in [0.29, 0.717) is 12.1 Å². The molecule has 1 aromatic carbocycles. The maximum absolute atomic E-state index is 12.2. The molecule has 0 saturated carbocycles. The van der Waals surface area contributed by atoms with Crippen molar-refractivity contribution in [3.63, 3.8) is 0 Å². The number of carbonyl (C=O) groups is 3. The Morgan fingerprint density at radius 2 is 1.96 bits per heavy atom. The standard InChI is InChI=1S/C16H22N4O6/c1-5-10(2)17-16(23)18-14(21)9-26-15(22)12-8-11(20(24)25)6-7-13(12)19(3)4/h6-8,10H,5,9H2,1-4H3,(H2,17,18,21,23)/t10-/m0/s1. The van der Waals surface area contributed by atoms with E-state index in [4.69, 9.17) is 4.74 Å². The van der Waals surface area contributed by atoms with Crippen LogP contribution in [-0.4, -0.2) is 49.6 Å². The molecule has 0 saturated heterocycles. The summed E-state index contributed by atoms with van der Waals surface area (Å²) in [7, 11) is 3.31. The number of nitro groups is 1. The molecule has 10 heteroatoms. The van der Waals surface area contributed by atoms with E-state index in [-0.39, 0.29) is 17.3 Å². The van der Waals surface area contributed by atoms with Crippen molar-refractivity contribution in [2.75, 3.05) is 25.6 Å². The molecule has 26 heavy (non-hydrogen) atoms. The van der Waals surface area contributed by atoms with Crippen LogP contribution in [0.5, 0.6) is 0 Å². The number of nitro benzene ring substituents is 1. The lowest BCUT2D eigenvalue weighted by molar-refractivity contribution is -0.384. The number of imide groups is 1. The highest BCUT2D eigenvalue weighted by molar-refractivity contribution is 5.99. The Hall–Kier alpha value is -3.17. The summed E-state index contributed by atoms with van der Waals surface area (Å²) >= 11 is 0. The second kappa shape index (κ2) is 9.35. The Bertz CT molecular complexity index is 704. The smallest absolute Gasteiger partial charge is 0.341 e. The number of anilines is 1. The van der Waals surface area contributed by atoms with Crippen LogP contribution in [0.4, 0.5) is 16.2 Å². The molecule has 0 aromatic heterocycles. The summed E-state index contributed by atoms with van der Waals surface area (Å²) < 4.78 is 4.87. The molecule has 0 aliphatic carbocycles. The molecule has 0 aliphatic heterocycles. The molecule has 1 aromatic rings. The van der Waals surface area contributed by atoms with Crippen molar-refractivity contribution in [3.8, 4) is 0 Å². The Labute approximate surface area is 150 Å². The predicted molar refractivity (Wildman–Crippen MR) is 94.1 cm³/mol. The average Bonchev–Trinajstić information content (AvgIpc) is 2.58. The lowest BCUT2D eigenvalue weighted by atomic mass is 10.1. The molecule has 1 atom stereocenters. The number of hydrogen-bond donors (Lipinski definition) is 2. The van der Waals surface area contributed by atoms with Gasteiger partial charge in [0.25, 0.3) is 11.6 Å². The molecular formula is C16H22N4O6. The molecule has 0 aliphatic rings. The summed E-state index contributed by atoms with van der Waals surface area (Å²) in [5.41, 5.74) is 0.0662. The van der Waals surface area contributed by atoms with Gasteiger partial charge in [0.05, 0.1) is 16.2 Å². The van der Waals surface area contributed by atoms with Gasteiger partial charge in [0.15, 0.2) is 6.61 Å². The Morgan fingerprint density at radius 1 is 1.31 bits per heavy atom. The van der Waals surface area contributed by atoms with Gasteiger partial charge in [-0.05, 0) is 19.4 Å². The van der Waals surface area contributed by atoms with Gasteiger partial charge >= 0.3 is 12.0 Å². The van der Waals surface area contributed by atoms with E-state index in [1.165, 1.54) is 12.1 Å². The van der Waals surface area contributed by atoms with E-state index in [9.17, 15) is 24.5 Å². The minimum absolute atomic E-state index is 0.0546. The molecule has 0 fully saturated rings. The van der Waals surface area contributed by atoms with E-state index >= 15 is 0 Å². The largest absolute Gasteiger partial charge is 0.452 e. The van der Waals surface area contributed by atoms with Gasteiger partial charge in [-0.1, -0.05) is 6.92 Å². The molecule has 0 heterocycles. The molecule has 10 nitrogen and oxygen atoms in total. The van der Waals surface area contributed by atoms with E-state index in [0.717, 1.165) is 6.07 Å². The van der Waals surface area contributed by atoms with Crippen molar-refractivity contribution in [1.29, 1.82) is 0 Å². The zero-order chi connectivity index (χ0) is 19.9. The van der Waals surface area contributed by atoms with Gasteiger partial charge in [-0.15, -0.1) is 0 Å². The zero-order valence-corrected chi connectivity index (χ0v) is 15.1. The molecule has 142 valence electrons. The van der Waals surface area contributed by atoms with Crippen LogP contribution >= 0.6 is 0 Å². The van der Waals surface area contributed by atoms with Crippen molar-refractivity contribution in [2.24, 2.45) is 0 Å². The Morgan fingerprint density at radius 3 is 2.50 bits per heavy atom. The number of carbonyl (C=O) groups excluding carboxylic acids is 3. The highest BCUT2D eigenvalue weighted by Gasteiger charge is 2.20. The fraction of sp³-hybridized carbons (Fsp3) is 0.438. The maximum atomic E-state index is 12.2. The summed E-state index contributed by atoms with van der Waals surface area (Å²) in [5.74, 6) is -1.72. The van der Waals surface area contributed by atoms with Crippen LogP contribution in [0, 0.1) is 10.1 Å². The predicted octanol–water partition coefficient (Wildman–Crippen LogP) is 1.44. The third-order valence-electron chi connectivity index (χ3n) is 3.47. The quantitative estimate of drug-likeness (QED) is 0.424. The van der Waals surface area contributed by atoms with Crippen molar-refractivity contribution < 1.29 is 24.0 Å². The SMILES string of the molecule is CC[C@H](C)NC(=O)NC(=O)COC(=O)c1cc([N+](=O)[O-])ccc1N(C)C. The first kappa shape index (κ1) is 20.9. The Balaban J connectivity index is 2.75. The number of nitrogens with zero attached hydrogens (tertiary/aromatic N) is 2. The topological polar surface area (TPSA) is 131 Å². The van der Waals surface area contributed by atoms with Crippen LogP contribution in [-0.2, 0) is 9.53 Å². The van der Waals surface area contributed by atoms with Gasteiger partial charge in [-0.2, -0.15) is 0 Å². The summed E-state index contributed by atoms with van der Waals surface area (Å²) in [4.78, 5) is 47.3. The highest BCUT2D eigenvalue weighted by Crippen LogP contribution is 2.24. The van der Waals surface area contributed by atoms with Crippen molar-refractivity contribution in [1.82, 2.24) is 10.6 Å². The van der Waals surface area contributed by atoms with Crippen LogP contribution in [0.2, 0.25) is 0 Å². The first-order valence-electron chi connectivity index (χ1n) is 7.88. The van der Waals surface area contributed by atoms with Gasteiger partial charge in [0, 0.05) is 32.3 Å². The van der Waals surface area contributed by atoms with Gasteiger partial charge < -0.3 is 15.0 Å². The number of ether oxygens (including phenoxy) is 1. The third-order valence-corrected chi connectivity index (χ3v) is 3.47. The van der Waals surface area contributed by atoms with Crippen molar-refractivity contribution in [2.45, 2.75) is 26.3 Å². The van der Waals surface area contributed by atoms with Crippen LogP contribution in [0.3, 0.4) is 0 Å². The fourth-order valence-electron chi connectivity index (χ4n) is 1.92. The van der Waals surface area contributed by atoms with Crippen LogP contribution in [0.15, 0.2) is 18.2 Å². The number of nitrogens with one attached hydrogen (secondary N) is 2. The number of non-ortho nitro benzene ring substituents is 1. The number of hydrogen-bond acceptors (Lipinski definition) is 7. The van der Waals surface area contributed by atoms with Crippen LogP contribution < -0.4 is 15.5 Å². The van der Waals surface area contributed by atoms with E-state index < -0.39 is 29.4 Å². The number of benzene rings is 1. The van der Waals surface area contributed by atoms with E-state index in [2.05, 4.69) is 5.32 Å². The van der Waals surface area contributed by atoms with Crippen molar-refractivity contribution >= 4 is 29.3 Å². The molecule has 1 rings (SSSR count). The second-order valence-corrected chi connectivity index (χ2v) is 5.76. The number of rotatable bonds is 7. The van der Waals surface area contributed by atoms with Gasteiger partial charge in [0.2, 0.25) is 0 Å². The molecule has 3 amide bonds. The summed E-state index contributed by atoms with van der Waals surface area (Å²) in [6.07, 6.45) is 0.691. The van der Waals surface area contributed by atoms with Gasteiger partial charge in [0.1, 0.15) is 0 Å². The first-order chi connectivity index (χ1) is 12.1. The highest BCUT2D eigenvalue weighted by atomic mass is 16.6. The number of amides is 3. The molecule has 0 radical (unpaired) electrons. The van der Waals surface area contributed by atoms with Crippen LogP contribution in [0.1, 0.15) is 30.6 Å². The molecular weight excluding hydrogens is 344 g/mol. The van der Waals surface area contributed by atoms with E-state index in [1.54, 1.807) is 25.9 Å². The summed E-state index contributed by atoms with van der Waals surface area (Å²) in [6.45, 7) is 2.95. The number of esters is 1. The minimum Gasteiger partial charge on any atom is -0.452 e. The molecule has 0 spiro atoms. The molecule has 0 bridgehead atoms. The fourth-order valence-corrected chi connectivity index (χ4v) is 1.92. The maximum Gasteiger partial charge on any atom is 0.341 e. The lowest BCUT2D eigenvalue weighted by Crippen LogP contribution is -2.44. The third kappa shape index (κ3) is 6.04. The normalized spacial score (nSPS) is 11.2.